The average Bonchev–Trinajstić information content (AvgIpc) is 3.40. The quantitative estimate of drug-likeness (QED) is 0.197. The number of halogens is 1. The van der Waals surface area contributed by atoms with E-state index < -0.39 is 76.3 Å². The number of likely N-dealkylation sites (N-methyl/N-ethyl adjacent to an activating group) is 1. The van der Waals surface area contributed by atoms with Crippen molar-refractivity contribution in [2.45, 2.75) is 95.7 Å². The molecule has 0 unspecified atom stereocenters. The fraction of sp³-hybridized carbons (Fsp3) is 0.489. The molecule has 0 bridgehead atoms. The van der Waals surface area contributed by atoms with Crippen molar-refractivity contribution in [3.8, 4) is 0 Å². The Morgan fingerprint density at radius 2 is 1.66 bits per heavy atom. The molecule has 312 valence electrons. The van der Waals surface area contributed by atoms with Crippen molar-refractivity contribution >= 4 is 40.1 Å². The molecular weight excluding hydrogens is 756 g/mol. The van der Waals surface area contributed by atoms with Gasteiger partial charge in [-0.3, -0.25) is 33.9 Å². The number of rotatable bonds is 13. The number of hydrogen-bond donors (Lipinski definition) is 2. The molecule has 0 aliphatic heterocycles. The number of aromatic nitrogens is 1. The van der Waals surface area contributed by atoms with Crippen LogP contribution < -0.4 is 0 Å². The molecule has 0 saturated heterocycles. The van der Waals surface area contributed by atoms with Crippen molar-refractivity contribution in [1.82, 2.24) is 9.88 Å². The number of carbonyl (C=O) groups is 5. The zero-order valence-corrected chi connectivity index (χ0v) is 34.3. The number of fused-ring (bicyclic) bond motifs is 6. The zero-order chi connectivity index (χ0) is 42.5. The van der Waals surface area contributed by atoms with E-state index >= 15 is 4.39 Å². The number of benzene rings is 2. The molecule has 2 aromatic carbocycles. The van der Waals surface area contributed by atoms with Crippen LogP contribution in [0.5, 0.6) is 0 Å². The first-order valence-corrected chi connectivity index (χ1v) is 20.4. The van der Waals surface area contributed by atoms with Crippen LogP contribution in [0, 0.1) is 28.6 Å². The normalized spacial score (nSPS) is 31.5. The van der Waals surface area contributed by atoms with Crippen molar-refractivity contribution in [2.24, 2.45) is 28.6 Å². The maximum absolute atomic E-state index is 17.5. The molecule has 3 aromatic rings. The van der Waals surface area contributed by atoms with Crippen molar-refractivity contribution < 1.29 is 48.0 Å². The van der Waals surface area contributed by atoms with Gasteiger partial charge in [-0.15, -0.1) is 0 Å². The molecule has 0 spiro atoms. The number of pyridine rings is 1. The van der Waals surface area contributed by atoms with Crippen LogP contribution in [-0.2, 0) is 46.5 Å². The van der Waals surface area contributed by atoms with Crippen molar-refractivity contribution in [2.75, 3.05) is 20.7 Å². The van der Waals surface area contributed by atoms with E-state index in [2.05, 4.69) is 4.98 Å². The summed E-state index contributed by atoms with van der Waals surface area (Å²) in [5.74, 6) is -4.13. The van der Waals surface area contributed by atoms with Gasteiger partial charge in [0.1, 0.15) is 12.2 Å². The predicted molar refractivity (Wildman–Crippen MR) is 216 cm³/mol. The molecular formula is C47H53FN2O9. The number of allylic oxidation sites excluding steroid dienone is 4. The topological polar surface area (TPSA) is 160 Å². The summed E-state index contributed by atoms with van der Waals surface area (Å²) in [5, 5.41) is 25.7. The SMILES string of the molecule is C[C@@H]1C[C@H]2[C@@H]3CCC4=CC(=O)C=C[C@]4(C)[C@@]3(F)[C@@H](O)C[C@]2(C)[C@@]1(O)C(=O)COC(=O)CCC(=O)OCc1ccc([C@H](C(=O)Cc2ccc3cnccc3c2)N(C)C)cc1. The van der Waals surface area contributed by atoms with Gasteiger partial charge >= 0.3 is 11.9 Å². The van der Waals surface area contributed by atoms with Gasteiger partial charge in [0.2, 0.25) is 5.78 Å². The first kappa shape index (κ1) is 42.2. The summed E-state index contributed by atoms with van der Waals surface area (Å²) in [6, 6.07) is 14.5. The van der Waals surface area contributed by atoms with Crippen LogP contribution in [0.4, 0.5) is 4.39 Å². The van der Waals surface area contributed by atoms with Gasteiger partial charge in [0, 0.05) is 40.9 Å². The third-order valence-electron chi connectivity index (χ3n) is 14.1. The minimum atomic E-state index is -2.11. The molecule has 1 heterocycles. The summed E-state index contributed by atoms with van der Waals surface area (Å²) in [5.41, 5.74) is -3.47. The number of Topliss-reactive ketones (excluding diaryl/α,β-unsaturated/α-hetero) is 2. The number of ether oxygens (including phenoxy) is 2. The van der Waals surface area contributed by atoms with Gasteiger partial charge in [-0.2, -0.15) is 0 Å². The Hall–Kier alpha value is -4.91. The Kier molecular flexibility index (Phi) is 11.4. The highest BCUT2D eigenvalue weighted by Crippen LogP contribution is 2.70. The fourth-order valence-electron chi connectivity index (χ4n) is 11.0. The fourth-order valence-corrected chi connectivity index (χ4v) is 11.0. The summed E-state index contributed by atoms with van der Waals surface area (Å²) >= 11 is 0. The Bertz CT molecular complexity index is 2240. The molecule has 59 heavy (non-hydrogen) atoms. The molecule has 2 N–H and O–H groups in total. The Morgan fingerprint density at radius 1 is 0.966 bits per heavy atom. The second kappa shape index (κ2) is 15.9. The largest absolute Gasteiger partial charge is 0.461 e. The first-order chi connectivity index (χ1) is 27.9. The van der Waals surface area contributed by atoms with Gasteiger partial charge in [0.15, 0.2) is 23.8 Å². The van der Waals surface area contributed by atoms with Gasteiger partial charge in [-0.05, 0) is 98.8 Å². The van der Waals surface area contributed by atoms with Crippen molar-refractivity contribution in [3.05, 3.63) is 101 Å². The lowest BCUT2D eigenvalue weighted by molar-refractivity contribution is -0.220. The summed E-state index contributed by atoms with van der Waals surface area (Å²) in [6.07, 6.45) is 6.91. The first-order valence-electron chi connectivity index (χ1n) is 20.4. The van der Waals surface area contributed by atoms with Crippen molar-refractivity contribution in [1.29, 1.82) is 0 Å². The summed E-state index contributed by atoms with van der Waals surface area (Å²) in [6.45, 7) is 4.35. The van der Waals surface area contributed by atoms with Gasteiger partial charge in [0.25, 0.3) is 0 Å². The number of aliphatic hydroxyl groups excluding tert-OH is 1. The summed E-state index contributed by atoms with van der Waals surface area (Å²) in [4.78, 5) is 70.7. The maximum Gasteiger partial charge on any atom is 0.306 e. The smallest absolute Gasteiger partial charge is 0.306 e. The van der Waals surface area contributed by atoms with Crippen LogP contribution in [0.1, 0.15) is 82.0 Å². The van der Waals surface area contributed by atoms with Crippen LogP contribution >= 0.6 is 0 Å². The van der Waals surface area contributed by atoms with Gasteiger partial charge in [0.05, 0.1) is 25.0 Å². The molecule has 9 atom stereocenters. The Labute approximate surface area is 343 Å². The number of aliphatic hydroxyl groups is 2. The third-order valence-corrected chi connectivity index (χ3v) is 14.1. The lowest BCUT2D eigenvalue weighted by atomic mass is 9.44. The molecule has 1 aromatic heterocycles. The van der Waals surface area contributed by atoms with E-state index in [4.69, 9.17) is 9.47 Å². The van der Waals surface area contributed by atoms with E-state index in [1.807, 2.05) is 55.4 Å². The van der Waals surface area contributed by atoms with E-state index in [0.29, 0.717) is 30.4 Å². The predicted octanol–water partition coefficient (Wildman–Crippen LogP) is 5.93. The lowest BCUT2D eigenvalue weighted by Crippen LogP contribution is -2.69. The molecule has 11 nitrogen and oxygen atoms in total. The highest BCUT2D eigenvalue weighted by molar-refractivity contribution is 6.01. The monoisotopic (exact) mass is 808 g/mol. The molecule has 3 saturated carbocycles. The Balaban J connectivity index is 0.898. The molecule has 0 radical (unpaired) electrons. The summed E-state index contributed by atoms with van der Waals surface area (Å²) in [7, 11) is 3.69. The van der Waals surface area contributed by atoms with E-state index in [-0.39, 0.29) is 43.9 Å². The lowest BCUT2D eigenvalue weighted by Gasteiger charge is -2.62. The van der Waals surface area contributed by atoms with Crippen LogP contribution in [0.3, 0.4) is 0 Å². The van der Waals surface area contributed by atoms with E-state index in [1.54, 1.807) is 51.4 Å². The number of esters is 2. The molecule has 4 aliphatic carbocycles. The molecule has 4 aliphatic rings. The standard InChI is InChI=1S/C47H53FN2O9/c1-28-20-37-36-13-12-34-23-35(51)16-18-44(34,2)46(36,48)39(53)24-45(37,3)47(28,57)40(54)27-59-42(56)15-14-41(55)58-26-29-6-9-31(10-7-29)43(50(4)5)38(52)22-30-8-11-33-25-49-19-17-32(33)21-30/h6-11,16-19,21,23,25,28,36-37,39,43,53,57H,12-15,20,22,24,26-27H2,1-5H3/t28-,36+,37+,39+,43-,44+,45+,46+,47+/m1/s1. The highest BCUT2D eigenvalue weighted by atomic mass is 19.1. The number of ketones is 3. The van der Waals surface area contributed by atoms with Crippen LogP contribution in [0.25, 0.3) is 10.8 Å². The minimum Gasteiger partial charge on any atom is -0.461 e. The van der Waals surface area contributed by atoms with E-state index in [9.17, 15) is 34.2 Å². The molecule has 3 fully saturated rings. The third kappa shape index (κ3) is 7.27. The van der Waals surface area contributed by atoms with E-state index in [1.165, 1.54) is 12.2 Å². The van der Waals surface area contributed by atoms with Gasteiger partial charge in [-0.1, -0.05) is 68.0 Å². The second-order valence-electron chi connectivity index (χ2n) is 17.7. The summed E-state index contributed by atoms with van der Waals surface area (Å²) < 4.78 is 28.1. The van der Waals surface area contributed by atoms with Crippen molar-refractivity contribution in [3.63, 3.8) is 0 Å². The van der Waals surface area contributed by atoms with Crippen LogP contribution in [0.15, 0.2) is 84.7 Å². The van der Waals surface area contributed by atoms with Gasteiger partial charge in [-0.25, -0.2) is 4.39 Å². The molecule has 7 rings (SSSR count). The van der Waals surface area contributed by atoms with Crippen LogP contribution in [-0.4, -0.2) is 87.5 Å². The molecule has 0 amide bonds. The second-order valence-corrected chi connectivity index (χ2v) is 17.7. The highest BCUT2D eigenvalue weighted by Gasteiger charge is 2.75. The number of carbonyl (C=O) groups excluding carboxylic acids is 5. The average molecular weight is 809 g/mol. The Morgan fingerprint density at radius 3 is 2.37 bits per heavy atom. The minimum absolute atomic E-state index is 0.0322. The van der Waals surface area contributed by atoms with Crippen LogP contribution in [0.2, 0.25) is 0 Å². The van der Waals surface area contributed by atoms with E-state index in [0.717, 1.165) is 21.9 Å². The number of alkyl halides is 1. The van der Waals surface area contributed by atoms with Gasteiger partial charge < -0.3 is 19.7 Å². The maximum atomic E-state index is 17.5. The molecule has 12 heteroatoms. The number of nitrogens with zero attached hydrogens (tertiary/aromatic N) is 2. The number of hydrogen-bond acceptors (Lipinski definition) is 11. The zero-order valence-electron chi connectivity index (χ0n) is 34.3.